The summed E-state index contributed by atoms with van der Waals surface area (Å²) in [5.74, 6) is 0.274. The zero-order chi connectivity index (χ0) is 14.4. The molecule has 2 heteroatoms. The van der Waals surface area contributed by atoms with E-state index in [1.54, 1.807) is 0 Å². The van der Waals surface area contributed by atoms with Crippen LogP contribution in [0.4, 0.5) is 0 Å². The first kappa shape index (κ1) is 14.8. The first-order valence-electron chi connectivity index (χ1n) is 7.83. The normalized spacial score (nSPS) is 11.1. The molecule has 1 N–H and O–H groups in total. The molecule has 0 amide bonds. The van der Waals surface area contributed by atoms with Crippen molar-refractivity contribution in [1.82, 2.24) is 4.98 Å². The highest BCUT2D eigenvalue weighted by atomic mass is 16.1. The van der Waals surface area contributed by atoms with Gasteiger partial charge in [0.05, 0.1) is 0 Å². The van der Waals surface area contributed by atoms with Gasteiger partial charge in [0.1, 0.15) is 0 Å². The van der Waals surface area contributed by atoms with E-state index in [9.17, 15) is 4.79 Å². The van der Waals surface area contributed by atoms with E-state index in [4.69, 9.17) is 0 Å². The summed E-state index contributed by atoms with van der Waals surface area (Å²) < 4.78 is 0. The third-order valence-electron chi connectivity index (χ3n) is 3.90. The van der Waals surface area contributed by atoms with Crippen molar-refractivity contribution in [1.29, 1.82) is 0 Å². The molecule has 1 heterocycles. The van der Waals surface area contributed by atoms with Crippen molar-refractivity contribution in [3.8, 4) is 0 Å². The molecule has 108 valence electrons. The van der Waals surface area contributed by atoms with E-state index in [0.717, 1.165) is 22.9 Å². The van der Waals surface area contributed by atoms with E-state index < -0.39 is 0 Å². The number of aromatic amines is 1. The van der Waals surface area contributed by atoms with Gasteiger partial charge in [0.15, 0.2) is 5.78 Å². The Morgan fingerprint density at radius 3 is 2.65 bits per heavy atom. The number of rotatable bonds is 8. The van der Waals surface area contributed by atoms with Gasteiger partial charge in [0.25, 0.3) is 0 Å². The van der Waals surface area contributed by atoms with Gasteiger partial charge in [-0.2, -0.15) is 0 Å². The molecule has 0 unspecified atom stereocenters. The zero-order valence-electron chi connectivity index (χ0n) is 12.7. The third kappa shape index (κ3) is 3.72. The van der Waals surface area contributed by atoms with Crippen molar-refractivity contribution in [2.24, 2.45) is 0 Å². The van der Waals surface area contributed by atoms with Gasteiger partial charge in [-0.05, 0) is 25.0 Å². The second-order valence-corrected chi connectivity index (χ2v) is 5.69. The molecule has 0 bridgehead atoms. The van der Waals surface area contributed by atoms with Crippen LogP contribution < -0.4 is 0 Å². The smallest absolute Gasteiger partial charge is 0.165 e. The molecule has 0 aliphatic rings. The fourth-order valence-corrected chi connectivity index (χ4v) is 2.67. The molecule has 0 radical (unpaired) electrons. The number of benzene rings is 1. The van der Waals surface area contributed by atoms with E-state index >= 15 is 0 Å². The Labute approximate surface area is 121 Å². The molecular weight excluding hydrogens is 246 g/mol. The summed E-state index contributed by atoms with van der Waals surface area (Å²) in [7, 11) is 0. The van der Waals surface area contributed by atoms with Crippen molar-refractivity contribution >= 4 is 16.7 Å². The molecule has 2 nitrogen and oxygen atoms in total. The molecule has 2 aromatic rings. The van der Waals surface area contributed by atoms with Crippen LogP contribution in [0.1, 0.15) is 67.8 Å². The Balaban J connectivity index is 1.88. The Morgan fingerprint density at radius 2 is 1.85 bits per heavy atom. The minimum absolute atomic E-state index is 0.274. The van der Waals surface area contributed by atoms with Crippen molar-refractivity contribution < 1.29 is 4.79 Å². The van der Waals surface area contributed by atoms with Crippen LogP contribution in [0.3, 0.4) is 0 Å². The molecule has 0 aliphatic heterocycles. The summed E-state index contributed by atoms with van der Waals surface area (Å²) in [5, 5.41) is 1.06. The number of Topliss-reactive ketones (excluding diaryl/α,β-unsaturated/α-hetero) is 1. The highest BCUT2D eigenvalue weighted by molar-refractivity contribution is 6.07. The van der Waals surface area contributed by atoms with Crippen LogP contribution >= 0.6 is 0 Å². The Morgan fingerprint density at radius 1 is 1.10 bits per heavy atom. The maximum atomic E-state index is 12.3. The summed E-state index contributed by atoms with van der Waals surface area (Å²) >= 11 is 0. The van der Waals surface area contributed by atoms with E-state index in [1.165, 1.54) is 37.7 Å². The molecule has 1 aromatic carbocycles. The predicted octanol–water partition coefficient (Wildman–Crippen LogP) is 5.41. The van der Waals surface area contributed by atoms with Crippen LogP contribution in [0.5, 0.6) is 0 Å². The van der Waals surface area contributed by atoms with Crippen LogP contribution in [0.2, 0.25) is 0 Å². The lowest BCUT2D eigenvalue weighted by Gasteiger charge is -2.01. The molecule has 0 atom stereocenters. The van der Waals surface area contributed by atoms with Crippen LogP contribution in [-0.4, -0.2) is 10.8 Å². The molecule has 1 aromatic heterocycles. The molecule has 0 saturated carbocycles. The number of aryl methyl sites for hydroxylation is 1. The maximum Gasteiger partial charge on any atom is 0.165 e. The number of unbranched alkanes of at least 4 members (excludes halogenated alkanes) is 5. The summed E-state index contributed by atoms with van der Waals surface area (Å²) in [6, 6.07) is 6.21. The zero-order valence-corrected chi connectivity index (χ0v) is 12.7. The third-order valence-corrected chi connectivity index (χ3v) is 3.90. The topological polar surface area (TPSA) is 32.9 Å². The fraction of sp³-hybridized carbons (Fsp3) is 0.500. The van der Waals surface area contributed by atoms with Gasteiger partial charge in [-0.25, -0.2) is 0 Å². The minimum atomic E-state index is 0.274. The lowest BCUT2D eigenvalue weighted by Crippen LogP contribution is -1.97. The Hall–Kier alpha value is -1.57. The van der Waals surface area contributed by atoms with Gasteiger partial charge in [-0.3, -0.25) is 4.79 Å². The molecule has 0 aliphatic carbocycles. The molecule has 2 rings (SSSR count). The molecular formula is C18H25NO. The number of hydrogen-bond acceptors (Lipinski definition) is 1. The Bertz CT molecular complexity index is 568. The SMILES string of the molecule is CCCCCCCCC(=O)c1c[nH]c2cc(C)ccc12. The van der Waals surface area contributed by atoms with E-state index in [2.05, 4.69) is 37.0 Å². The molecule has 0 fully saturated rings. The largest absolute Gasteiger partial charge is 0.360 e. The van der Waals surface area contributed by atoms with Crippen molar-refractivity contribution in [3.05, 3.63) is 35.5 Å². The van der Waals surface area contributed by atoms with Gasteiger partial charge < -0.3 is 4.98 Å². The summed E-state index contributed by atoms with van der Waals surface area (Å²) in [4.78, 5) is 15.5. The van der Waals surface area contributed by atoms with E-state index in [0.29, 0.717) is 6.42 Å². The number of hydrogen-bond donors (Lipinski definition) is 1. The summed E-state index contributed by atoms with van der Waals surface area (Å²) in [5.41, 5.74) is 3.14. The fourth-order valence-electron chi connectivity index (χ4n) is 2.67. The number of carbonyl (C=O) groups excluding carboxylic acids is 1. The number of nitrogens with one attached hydrogen (secondary N) is 1. The van der Waals surface area contributed by atoms with Gasteiger partial charge in [-0.1, -0.05) is 51.2 Å². The molecule has 20 heavy (non-hydrogen) atoms. The minimum Gasteiger partial charge on any atom is -0.360 e. The molecule has 0 spiro atoms. The lowest BCUT2D eigenvalue weighted by molar-refractivity contribution is 0.0980. The first-order valence-corrected chi connectivity index (χ1v) is 7.83. The number of ketones is 1. The highest BCUT2D eigenvalue weighted by Crippen LogP contribution is 2.21. The average Bonchev–Trinajstić information content (AvgIpc) is 2.85. The maximum absolute atomic E-state index is 12.3. The second-order valence-electron chi connectivity index (χ2n) is 5.69. The van der Waals surface area contributed by atoms with Crippen molar-refractivity contribution in [2.45, 2.75) is 58.8 Å². The van der Waals surface area contributed by atoms with Crippen molar-refractivity contribution in [3.63, 3.8) is 0 Å². The quantitative estimate of drug-likeness (QED) is 0.505. The first-order chi connectivity index (χ1) is 9.72. The number of carbonyl (C=O) groups is 1. The highest BCUT2D eigenvalue weighted by Gasteiger charge is 2.11. The van der Waals surface area contributed by atoms with Crippen molar-refractivity contribution in [2.75, 3.05) is 0 Å². The van der Waals surface area contributed by atoms with Gasteiger partial charge in [-0.15, -0.1) is 0 Å². The lowest BCUT2D eigenvalue weighted by atomic mass is 10.0. The van der Waals surface area contributed by atoms with Gasteiger partial charge in [0, 0.05) is 29.1 Å². The number of H-pyrrole nitrogens is 1. The number of aromatic nitrogens is 1. The van der Waals surface area contributed by atoms with Crippen LogP contribution in [0.15, 0.2) is 24.4 Å². The summed E-state index contributed by atoms with van der Waals surface area (Å²) in [6.45, 7) is 4.29. The van der Waals surface area contributed by atoms with Crippen LogP contribution in [-0.2, 0) is 0 Å². The number of fused-ring (bicyclic) bond motifs is 1. The predicted molar refractivity (Wildman–Crippen MR) is 85.4 cm³/mol. The average molecular weight is 271 g/mol. The van der Waals surface area contributed by atoms with Gasteiger partial charge >= 0.3 is 0 Å². The van der Waals surface area contributed by atoms with Gasteiger partial charge in [0.2, 0.25) is 0 Å². The monoisotopic (exact) mass is 271 g/mol. The Kier molecular flexibility index (Phi) is 5.40. The summed E-state index contributed by atoms with van der Waals surface area (Å²) in [6.07, 6.45) is 9.87. The molecule has 0 saturated heterocycles. The van der Waals surface area contributed by atoms with E-state index in [1.807, 2.05) is 6.20 Å². The standard InChI is InChI=1S/C18H25NO/c1-3-4-5-6-7-8-9-18(20)16-13-19-17-12-14(2)10-11-15(16)17/h10-13,19H,3-9H2,1-2H3. The van der Waals surface area contributed by atoms with Crippen LogP contribution in [0.25, 0.3) is 10.9 Å². The second kappa shape index (κ2) is 7.28. The van der Waals surface area contributed by atoms with E-state index in [-0.39, 0.29) is 5.78 Å². The van der Waals surface area contributed by atoms with Crippen LogP contribution in [0, 0.1) is 6.92 Å².